The number of anilines is 1. The van der Waals surface area contributed by atoms with Gasteiger partial charge in [0, 0.05) is 42.1 Å². The van der Waals surface area contributed by atoms with Gasteiger partial charge in [-0.1, -0.05) is 0 Å². The van der Waals surface area contributed by atoms with Gasteiger partial charge < -0.3 is 15.3 Å². The van der Waals surface area contributed by atoms with E-state index in [0.29, 0.717) is 18.1 Å². The smallest absolute Gasteiger partial charge is 0.270 e. The highest BCUT2D eigenvalue weighted by Gasteiger charge is 2.42. The van der Waals surface area contributed by atoms with E-state index in [1.165, 1.54) is 0 Å². The Kier molecular flexibility index (Phi) is 3.63. The van der Waals surface area contributed by atoms with Gasteiger partial charge in [0.2, 0.25) is 0 Å². The van der Waals surface area contributed by atoms with Gasteiger partial charge in [-0.25, -0.2) is 9.97 Å². The Morgan fingerprint density at radius 2 is 2.00 bits per heavy atom. The van der Waals surface area contributed by atoms with E-state index in [4.69, 9.17) is 4.98 Å². The molecule has 2 aromatic rings. The number of aromatic nitrogens is 3. The number of aliphatic hydroxyl groups is 1. The molecule has 2 N–H and O–H groups in total. The summed E-state index contributed by atoms with van der Waals surface area (Å²) >= 11 is 0. The van der Waals surface area contributed by atoms with E-state index < -0.39 is 0 Å². The van der Waals surface area contributed by atoms with Gasteiger partial charge in [-0.3, -0.25) is 9.78 Å². The molecule has 3 aliphatic rings. The van der Waals surface area contributed by atoms with Gasteiger partial charge in [0.15, 0.2) is 5.82 Å². The van der Waals surface area contributed by atoms with Crippen molar-refractivity contribution in [1.82, 2.24) is 20.3 Å². The van der Waals surface area contributed by atoms with Crippen LogP contribution < -0.4 is 10.2 Å². The molecule has 1 unspecified atom stereocenters. The fourth-order valence-electron chi connectivity index (χ4n) is 4.61. The van der Waals surface area contributed by atoms with Crippen molar-refractivity contribution in [2.24, 2.45) is 0 Å². The summed E-state index contributed by atoms with van der Waals surface area (Å²) < 4.78 is 0. The Labute approximate surface area is 151 Å². The van der Waals surface area contributed by atoms with Crippen LogP contribution in [0.15, 0.2) is 24.5 Å². The number of nitrogens with zero attached hydrogens (tertiary/aromatic N) is 4. The number of hydrogen-bond acceptors (Lipinski definition) is 6. The van der Waals surface area contributed by atoms with E-state index >= 15 is 0 Å². The molecule has 7 heteroatoms. The van der Waals surface area contributed by atoms with Crippen LogP contribution in [0.5, 0.6) is 0 Å². The standard InChI is InChI=1S/C19H21N5O2/c25-14-8-12-3-4-13(9-14)24(12)18-15-5-7-21-19(26)16(15)22-17(23-18)11-2-1-6-20-10-11/h1-2,6,10,12-14,25H,3-5,7-9H2,(H,21,26)/t12-,13+,14?. The predicted molar refractivity (Wildman–Crippen MR) is 95.8 cm³/mol. The Bertz CT molecular complexity index is 843. The van der Waals surface area contributed by atoms with Gasteiger partial charge in [-0.15, -0.1) is 0 Å². The number of amides is 1. The SMILES string of the molecule is O=C1NCCc2c1nc(-c1cccnc1)nc2N1[C@@H]2CC[C@H]1CC(O)C2. The largest absolute Gasteiger partial charge is 0.393 e. The first-order valence-electron chi connectivity index (χ1n) is 9.26. The third kappa shape index (κ3) is 2.46. The molecule has 3 aliphatic heterocycles. The van der Waals surface area contributed by atoms with Gasteiger partial charge in [0.1, 0.15) is 11.5 Å². The topological polar surface area (TPSA) is 91.2 Å². The quantitative estimate of drug-likeness (QED) is 0.848. The number of fused-ring (bicyclic) bond motifs is 3. The first kappa shape index (κ1) is 15.7. The van der Waals surface area contributed by atoms with Crippen LogP contribution in [-0.2, 0) is 6.42 Å². The molecule has 0 aromatic carbocycles. The summed E-state index contributed by atoms with van der Waals surface area (Å²) in [6, 6.07) is 4.33. The second kappa shape index (κ2) is 6.02. The molecule has 0 saturated carbocycles. The zero-order valence-corrected chi connectivity index (χ0v) is 14.4. The lowest BCUT2D eigenvalue weighted by atomic mass is 9.97. The van der Waals surface area contributed by atoms with Crippen molar-refractivity contribution in [3.05, 3.63) is 35.8 Å². The lowest BCUT2D eigenvalue weighted by molar-refractivity contribution is 0.0939. The predicted octanol–water partition coefficient (Wildman–Crippen LogP) is 1.32. The number of hydrogen-bond donors (Lipinski definition) is 2. The highest BCUT2D eigenvalue weighted by molar-refractivity contribution is 5.96. The third-order valence-electron chi connectivity index (χ3n) is 5.73. The molecule has 0 spiro atoms. The zero-order valence-electron chi connectivity index (χ0n) is 14.4. The monoisotopic (exact) mass is 351 g/mol. The van der Waals surface area contributed by atoms with Gasteiger partial charge in [-0.05, 0) is 44.2 Å². The number of rotatable bonds is 2. The van der Waals surface area contributed by atoms with E-state index in [1.54, 1.807) is 12.4 Å². The normalized spacial score (nSPS) is 27.2. The van der Waals surface area contributed by atoms with Crippen molar-refractivity contribution in [3.63, 3.8) is 0 Å². The van der Waals surface area contributed by atoms with E-state index in [2.05, 4.69) is 20.2 Å². The second-order valence-corrected chi connectivity index (χ2v) is 7.36. The molecule has 2 saturated heterocycles. The number of piperidine rings is 1. The summed E-state index contributed by atoms with van der Waals surface area (Å²) in [4.78, 5) is 28.4. The maximum Gasteiger partial charge on any atom is 0.270 e. The van der Waals surface area contributed by atoms with E-state index in [-0.39, 0.29) is 24.1 Å². The van der Waals surface area contributed by atoms with E-state index in [1.807, 2.05) is 12.1 Å². The average Bonchev–Trinajstić information content (AvgIpc) is 2.93. The zero-order chi connectivity index (χ0) is 17.7. The number of carbonyl (C=O) groups excluding carboxylic acids is 1. The minimum absolute atomic E-state index is 0.135. The molecule has 0 radical (unpaired) electrons. The molecule has 2 fully saturated rings. The average molecular weight is 351 g/mol. The Balaban J connectivity index is 1.67. The van der Waals surface area contributed by atoms with Crippen molar-refractivity contribution in [3.8, 4) is 11.4 Å². The van der Waals surface area contributed by atoms with Gasteiger partial charge in [0.05, 0.1) is 6.10 Å². The summed E-state index contributed by atoms with van der Waals surface area (Å²) in [6.45, 7) is 0.611. The van der Waals surface area contributed by atoms with Crippen LogP contribution in [0.2, 0.25) is 0 Å². The number of aliphatic hydroxyl groups excluding tert-OH is 1. The summed E-state index contributed by atoms with van der Waals surface area (Å²) in [6.07, 6.45) is 7.60. The van der Waals surface area contributed by atoms with Gasteiger partial charge in [-0.2, -0.15) is 0 Å². The molecule has 26 heavy (non-hydrogen) atoms. The van der Waals surface area contributed by atoms with Crippen LogP contribution in [0.1, 0.15) is 41.7 Å². The van der Waals surface area contributed by atoms with Crippen LogP contribution in [0.25, 0.3) is 11.4 Å². The first-order chi connectivity index (χ1) is 12.7. The molecule has 2 aromatic heterocycles. The minimum Gasteiger partial charge on any atom is -0.393 e. The van der Waals surface area contributed by atoms with Crippen LogP contribution in [0.4, 0.5) is 5.82 Å². The lowest BCUT2D eigenvalue weighted by Crippen LogP contribution is -2.46. The van der Waals surface area contributed by atoms with Crippen molar-refractivity contribution in [1.29, 1.82) is 0 Å². The van der Waals surface area contributed by atoms with Gasteiger partial charge >= 0.3 is 0 Å². The maximum atomic E-state index is 12.5. The molecule has 0 aliphatic carbocycles. The van der Waals surface area contributed by atoms with Crippen molar-refractivity contribution in [2.45, 2.75) is 50.3 Å². The van der Waals surface area contributed by atoms with Crippen LogP contribution in [0, 0.1) is 0 Å². The first-order valence-corrected chi connectivity index (χ1v) is 9.26. The Morgan fingerprint density at radius 3 is 2.73 bits per heavy atom. The second-order valence-electron chi connectivity index (χ2n) is 7.36. The Morgan fingerprint density at radius 1 is 1.19 bits per heavy atom. The summed E-state index contributed by atoms with van der Waals surface area (Å²) in [7, 11) is 0. The van der Waals surface area contributed by atoms with Crippen molar-refractivity contribution in [2.75, 3.05) is 11.4 Å². The summed E-state index contributed by atoms with van der Waals surface area (Å²) in [5, 5.41) is 13.0. The van der Waals surface area contributed by atoms with Crippen LogP contribution in [0.3, 0.4) is 0 Å². The van der Waals surface area contributed by atoms with E-state index in [0.717, 1.165) is 49.0 Å². The van der Waals surface area contributed by atoms with Crippen LogP contribution in [-0.4, -0.2) is 50.7 Å². The number of nitrogens with one attached hydrogen (secondary N) is 1. The molecule has 5 heterocycles. The number of carbonyl (C=O) groups is 1. The molecule has 134 valence electrons. The molecular formula is C19H21N5O2. The fraction of sp³-hybridized carbons (Fsp3) is 0.474. The molecule has 2 bridgehead atoms. The lowest BCUT2D eigenvalue weighted by Gasteiger charge is -2.39. The van der Waals surface area contributed by atoms with Gasteiger partial charge in [0.25, 0.3) is 5.91 Å². The third-order valence-corrected chi connectivity index (χ3v) is 5.73. The maximum absolute atomic E-state index is 12.5. The molecule has 7 nitrogen and oxygen atoms in total. The van der Waals surface area contributed by atoms with Crippen molar-refractivity contribution < 1.29 is 9.90 Å². The molecule has 3 atom stereocenters. The van der Waals surface area contributed by atoms with Crippen molar-refractivity contribution >= 4 is 11.7 Å². The van der Waals surface area contributed by atoms with Crippen LogP contribution >= 0.6 is 0 Å². The fourth-order valence-corrected chi connectivity index (χ4v) is 4.61. The summed E-state index contributed by atoms with van der Waals surface area (Å²) in [5.41, 5.74) is 2.22. The highest BCUT2D eigenvalue weighted by atomic mass is 16.3. The molecular weight excluding hydrogens is 330 g/mol. The van der Waals surface area contributed by atoms with E-state index in [9.17, 15) is 9.90 Å². The molecule has 5 rings (SSSR count). The summed E-state index contributed by atoms with van der Waals surface area (Å²) in [5.74, 6) is 1.28. The highest BCUT2D eigenvalue weighted by Crippen LogP contribution is 2.41. The minimum atomic E-state index is -0.234. The molecule has 1 amide bonds. The number of pyridine rings is 1. The Hall–Kier alpha value is -2.54.